The predicted molar refractivity (Wildman–Crippen MR) is 102 cm³/mol. The summed E-state index contributed by atoms with van der Waals surface area (Å²) in [5.74, 6) is 0.599. The highest BCUT2D eigenvalue weighted by Crippen LogP contribution is 2.29. The molecule has 3 rings (SSSR count). The Hall–Kier alpha value is -2.69. The van der Waals surface area contributed by atoms with Gasteiger partial charge in [0.15, 0.2) is 0 Å². The van der Waals surface area contributed by atoms with Gasteiger partial charge in [0, 0.05) is 24.3 Å². The number of hydrogen-bond acceptors (Lipinski definition) is 4. The van der Waals surface area contributed by atoms with Crippen molar-refractivity contribution in [2.45, 2.75) is 26.2 Å². The highest BCUT2D eigenvalue weighted by Gasteiger charge is 2.14. The van der Waals surface area contributed by atoms with Crippen molar-refractivity contribution in [3.8, 4) is 5.75 Å². The molecule has 0 aromatic heterocycles. The topological polar surface area (TPSA) is 67.6 Å². The molecule has 3 N–H and O–H groups in total. The number of amides is 1. The normalized spacial score (nSPS) is 14.2. The fourth-order valence-corrected chi connectivity index (χ4v) is 3.13. The van der Waals surface area contributed by atoms with E-state index in [0.29, 0.717) is 23.5 Å². The van der Waals surface area contributed by atoms with Crippen LogP contribution in [0, 0.1) is 0 Å². The van der Waals surface area contributed by atoms with Crippen molar-refractivity contribution in [3.05, 3.63) is 48.0 Å². The molecule has 1 heterocycles. The molecular formula is C20H25N3O2. The van der Waals surface area contributed by atoms with E-state index in [1.165, 1.54) is 19.3 Å². The van der Waals surface area contributed by atoms with Crippen LogP contribution in [0.5, 0.6) is 5.75 Å². The molecular weight excluding hydrogens is 314 g/mol. The molecule has 0 spiro atoms. The molecule has 132 valence electrons. The van der Waals surface area contributed by atoms with Gasteiger partial charge >= 0.3 is 0 Å². The van der Waals surface area contributed by atoms with Crippen LogP contribution in [-0.2, 0) is 0 Å². The maximum atomic E-state index is 12.4. The first-order chi connectivity index (χ1) is 12.2. The molecule has 1 fully saturated rings. The number of nitrogens with two attached hydrogens (primary N) is 1. The molecule has 0 saturated carbocycles. The number of carbonyl (C=O) groups is 1. The van der Waals surface area contributed by atoms with Gasteiger partial charge in [-0.15, -0.1) is 0 Å². The van der Waals surface area contributed by atoms with Gasteiger partial charge in [0.1, 0.15) is 5.75 Å². The lowest BCUT2D eigenvalue weighted by Crippen LogP contribution is -2.30. The minimum absolute atomic E-state index is 0.159. The summed E-state index contributed by atoms with van der Waals surface area (Å²) in [6.07, 6.45) is 3.69. The van der Waals surface area contributed by atoms with Crippen molar-refractivity contribution < 1.29 is 9.53 Å². The quantitative estimate of drug-likeness (QED) is 0.811. The molecule has 0 atom stereocenters. The third kappa shape index (κ3) is 4.24. The second kappa shape index (κ2) is 7.92. The predicted octanol–water partition coefficient (Wildman–Crippen LogP) is 3.91. The van der Waals surface area contributed by atoms with E-state index in [1.807, 2.05) is 25.1 Å². The van der Waals surface area contributed by atoms with E-state index < -0.39 is 0 Å². The van der Waals surface area contributed by atoms with Crippen LogP contribution in [0.1, 0.15) is 36.5 Å². The summed E-state index contributed by atoms with van der Waals surface area (Å²) in [6, 6.07) is 12.8. The van der Waals surface area contributed by atoms with Crippen LogP contribution in [0.15, 0.2) is 42.5 Å². The van der Waals surface area contributed by atoms with E-state index in [1.54, 1.807) is 24.3 Å². The second-order valence-corrected chi connectivity index (χ2v) is 6.23. The summed E-state index contributed by atoms with van der Waals surface area (Å²) in [5, 5.41) is 2.90. The average Bonchev–Trinajstić information content (AvgIpc) is 2.63. The molecule has 0 radical (unpaired) electrons. The van der Waals surface area contributed by atoms with E-state index >= 15 is 0 Å². The summed E-state index contributed by atoms with van der Waals surface area (Å²) in [4.78, 5) is 14.7. The summed E-state index contributed by atoms with van der Waals surface area (Å²) >= 11 is 0. The number of anilines is 3. The van der Waals surface area contributed by atoms with Crippen molar-refractivity contribution in [2.24, 2.45) is 0 Å². The zero-order valence-corrected chi connectivity index (χ0v) is 14.6. The fraction of sp³-hybridized carbons (Fsp3) is 0.350. The molecule has 5 nitrogen and oxygen atoms in total. The van der Waals surface area contributed by atoms with Crippen molar-refractivity contribution in [3.63, 3.8) is 0 Å². The van der Waals surface area contributed by atoms with Gasteiger partial charge in [0.25, 0.3) is 5.91 Å². The number of carbonyl (C=O) groups excluding carboxylic acids is 1. The van der Waals surface area contributed by atoms with Crippen LogP contribution in [0.25, 0.3) is 0 Å². The Labute approximate surface area is 148 Å². The number of rotatable bonds is 5. The first kappa shape index (κ1) is 17.1. The van der Waals surface area contributed by atoms with E-state index in [9.17, 15) is 4.79 Å². The largest absolute Gasteiger partial charge is 0.494 e. The van der Waals surface area contributed by atoms with Crippen LogP contribution in [0.3, 0.4) is 0 Å². The Kier molecular flexibility index (Phi) is 5.43. The number of hydrogen-bond donors (Lipinski definition) is 2. The molecule has 0 aliphatic carbocycles. The van der Waals surface area contributed by atoms with Crippen LogP contribution < -0.4 is 20.7 Å². The fourth-order valence-electron chi connectivity index (χ4n) is 3.13. The van der Waals surface area contributed by atoms with Crippen molar-refractivity contribution in [1.29, 1.82) is 0 Å². The maximum absolute atomic E-state index is 12.4. The molecule has 0 unspecified atom stereocenters. The zero-order chi connectivity index (χ0) is 17.6. The molecule has 1 amide bonds. The lowest BCUT2D eigenvalue weighted by molar-refractivity contribution is 0.102. The molecule has 1 saturated heterocycles. The van der Waals surface area contributed by atoms with Gasteiger partial charge in [-0.25, -0.2) is 0 Å². The van der Waals surface area contributed by atoms with Gasteiger partial charge in [-0.2, -0.15) is 0 Å². The van der Waals surface area contributed by atoms with Gasteiger partial charge in [-0.1, -0.05) is 0 Å². The molecule has 1 aliphatic rings. The summed E-state index contributed by atoms with van der Waals surface area (Å²) in [5.41, 5.74) is 9.26. The third-order valence-electron chi connectivity index (χ3n) is 4.41. The van der Waals surface area contributed by atoms with Crippen molar-refractivity contribution >= 4 is 23.0 Å². The first-order valence-electron chi connectivity index (χ1n) is 8.86. The lowest BCUT2D eigenvalue weighted by atomic mass is 10.1. The summed E-state index contributed by atoms with van der Waals surface area (Å²) in [6.45, 7) is 4.62. The Balaban J connectivity index is 1.67. The molecule has 2 aromatic rings. The number of nitrogen functional groups attached to an aromatic ring is 1. The van der Waals surface area contributed by atoms with Crippen LogP contribution >= 0.6 is 0 Å². The molecule has 5 heteroatoms. The van der Waals surface area contributed by atoms with Gasteiger partial charge in [0.05, 0.1) is 18.0 Å². The van der Waals surface area contributed by atoms with Crippen LogP contribution in [0.2, 0.25) is 0 Å². The van der Waals surface area contributed by atoms with Gasteiger partial charge in [0.2, 0.25) is 0 Å². The number of nitrogens with zero attached hydrogens (tertiary/aromatic N) is 1. The number of benzene rings is 2. The standard InChI is InChI=1S/C20H25N3O2/c1-2-25-17-9-6-15(7-10-17)20(24)22-16-8-11-19(18(21)14-16)23-12-4-3-5-13-23/h6-11,14H,2-5,12-13,21H2,1H3,(H,22,24). The molecule has 2 aromatic carbocycles. The SMILES string of the molecule is CCOc1ccc(C(=O)Nc2ccc(N3CCCCC3)c(N)c2)cc1. The highest BCUT2D eigenvalue weighted by molar-refractivity contribution is 6.04. The smallest absolute Gasteiger partial charge is 0.255 e. The maximum Gasteiger partial charge on any atom is 0.255 e. The van der Waals surface area contributed by atoms with E-state index in [4.69, 9.17) is 10.5 Å². The monoisotopic (exact) mass is 339 g/mol. The zero-order valence-electron chi connectivity index (χ0n) is 14.6. The Morgan fingerprint density at radius 2 is 1.84 bits per heavy atom. The van der Waals surface area contributed by atoms with E-state index in [2.05, 4.69) is 10.2 Å². The molecule has 25 heavy (non-hydrogen) atoms. The third-order valence-corrected chi connectivity index (χ3v) is 4.41. The second-order valence-electron chi connectivity index (χ2n) is 6.23. The van der Waals surface area contributed by atoms with Crippen molar-refractivity contribution in [2.75, 3.05) is 35.6 Å². The van der Waals surface area contributed by atoms with Crippen LogP contribution in [-0.4, -0.2) is 25.6 Å². The first-order valence-corrected chi connectivity index (χ1v) is 8.86. The Morgan fingerprint density at radius 1 is 1.12 bits per heavy atom. The number of piperidine rings is 1. The average molecular weight is 339 g/mol. The minimum atomic E-state index is -0.159. The van der Waals surface area contributed by atoms with Gasteiger partial charge in [-0.3, -0.25) is 4.79 Å². The van der Waals surface area contributed by atoms with Crippen LogP contribution in [0.4, 0.5) is 17.1 Å². The number of ether oxygens (including phenoxy) is 1. The Morgan fingerprint density at radius 3 is 2.48 bits per heavy atom. The van der Waals surface area contributed by atoms with E-state index in [0.717, 1.165) is 24.5 Å². The highest BCUT2D eigenvalue weighted by atomic mass is 16.5. The summed E-state index contributed by atoms with van der Waals surface area (Å²) < 4.78 is 5.39. The van der Waals surface area contributed by atoms with Crippen molar-refractivity contribution in [1.82, 2.24) is 0 Å². The number of nitrogens with one attached hydrogen (secondary N) is 1. The Bertz CT molecular complexity index is 722. The minimum Gasteiger partial charge on any atom is -0.494 e. The van der Waals surface area contributed by atoms with E-state index in [-0.39, 0.29) is 5.91 Å². The van der Waals surface area contributed by atoms with Gasteiger partial charge < -0.3 is 20.7 Å². The molecule has 1 aliphatic heterocycles. The van der Waals surface area contributed by atoms with Gasteiger partial charge in [-0.05, 0) is 68.7 Å². The lowest BCUT2D eigenvalue weighted by Gasteiger charge is -2.30. The molecule has 0 bridgehead atoms. The summed E-state index contributed by atoms with van der Waals surface area (Å²) in [7, 11) is 0.